The number of fused-ring (bicyclic) bond motifs is 1. The molecule has 9 heteroatoms. The van der Waals surface area contributed by atoms with E-state index in [-0.39, 0.29) is 5.91 Å². The lowest BCUT2D eigenvalue weighted by Crippen LogP contribution is -2.55. The molecule has 0 radical (unpaired) electrons. The lowest BCUT2D eigenvalue weighted by molar-refractivity contribution is -0.135. The molecule has 4 rings (SSSR count). The second kappa shape index (κ2) is 7.65. The second-order valence-electron chi connectivity index (χ2n) is 6.97. The van der Waals surface area contributed by atoms with E-state index < -0.39 is 17.9 Å². The molecular formula is C20H18Cl2N4O3. The highest BCUT2D eigenvalue weighted by Crippen LogP contribution is 2.28. The van der Waals surface area contributed by atoms with Gasteiger partial charge in [-0.3, -0.25) is 19.3 Å². The number of imide groups is 1. The Kier molecular flexibility index (Phi) is 5.19. The molecule has 0 spiro atoms. The molecule has 0 N–H and O–H groups in total. The van der Waals surface area contributed by atoms with Gasteiger partial charge in [0.15, 0.2) is 0 Å². The zero-order chi connectivity index (χ0) is 20.7. The number of hydrogen-bond donors (Lipinski definition) is 0. The van der Waals surface area contributed by atoms with Crippen LogP contribution in [0.4, 0.5) is 5.82 Å². The first-order chi connectivity index (χ1) is 13.9. The van der Waals surface area contributed by atoms with Crippen LogP contribution in [0.3, 0.4) is 0 Å². The Morgan fingerprint density at radius 2 is 1.62 bits per heavy atom. The predicted octanol–water partition coefficient (Wildman–Crippen LogP) is 2.72. The summed E-state index contributed by atoms with van der Waals surface area (Å²) in [6.07, 6.45) is 1.53. The van der Waals surface area contributed by atoms with Crippen molar-refractivity contribution in [2.24, 2.45) is 0 Å². The van der Waals surface area contributed by atoms with Crippen molar-refractivity contribution in [2.75, 3.05) is 31.1 Å². The van der Waals surface area contributed by atoms with E-state index in [1.54, 1.807) is 42.2 Å². The van der Waals surface area contributed by atoms with Gasteiger partial charge in [0.25, 0.3) is 11.8 Å². The van der Waals surface area contributed by atoms with E-state index >= 15 is 0 Å². The van der Waals surface area contributed by atoms with E-state index in [9.17, 15) is 14.4 Å². The number of nitrogens with zero attached hydrogens (tertiary/aromatic N) is 4. The maximum atomic E-state index is 13.0. The Balaban J connectivity index is 1.44. The highest BCUT2D eigenvalue weighted by Gasteiger charge is 2.42. The summed E-state index contributed by atoms with van der Waals surface area (Å²) in [6, 6.07) is 7.38. The quantitative estimate of drug-likeness (QED) is 0.697. The first-order valence-corrected chi connectivity index (χ1v) is 9.96. The molecule has 7 nitrogen and oxygen atoms in total. The van der Waals surface area contributed by atoms with E-state index in [0.717, 1.165) is 4.90 Å². The van der Waals surface area contributed by atoms with E-state index in [1.165, 1.54) is 6.20 Å². The van der Waals surface area contributed by atoms with Gasteiger partial charge in [0.05, 0.1) is 21.2 Å². The minimum Gasteiger partial charge on any atom is -0.352 e. The molecule has 1 atom stereocenters. The van der Waals surface area contributed by atoms with Crippen LogP contribution in [0.2, 0.25) is 10.0 Å². The summed E-state index contributed by atoms with van der Waals surface area (Å²) in [4.78, 5) is 47.2. The number of hydrogen-bond acceptors (Lipinski definition) is 5. The van der Waals surface area contributed by atoms with Gasteiger partial charge in [0.1, 0.15) is 11.9 Å². The molecule has 2 aromatic rings. The summed E-state index contributed by atoms with van der Waals surface area (Å²) in [5.41, 5.74) is 0.677. The molecule has 0 bridgehead atoms. The van der Waals surface area contributed by atoms with E-state index in [1.807, 2.05) is 4.90 Å². The number of halogens is 2. The van der Waals surface area contributed by atoms with Crippen LogP contribution in [0.25, 0.3) is 0 Å². The third-order valence-corrected chi connectivity index (χ3v) is 5.73. The number of carbonyl (C=O) groups excluding carboxylic acids is 3. The third-order valence-electron chi connectivity index (χ3n) is 5.25. The van der Waals surface area contributed by atoms with Crippen molar-refractivity contribution < 1.29 is 14.4 Å². The van der Waals surface area contributed by atoms with Crippen molar-refractivity contribution in [3.63, 3.8) is 0 Å². The van der Waals surface area contributed by atoms with Gasteiger partial charge in [-0.05, 0) is 25.1 Å². The molecule has 2 aliphatic heterocycles. The molecule has 2 aliphatic rings. The normalized spacial score (nSPS) is 17.6. The number of aromatic nitrogens is 1. The molecule has 0 aliphatic carbocycles. The minimum absolute atomic E-state index is 0.255. The number of piperazine rings is 1. The molecule has 1 fully saturated rings. The van der Waals surface area contributed by atoms with Crippen LogP contribution in [-0.2, 0) is 4.79 Å². The summed E-state index contributed by atoms with van der Waals surface area (Å²) in [6.45, 7) is 3.54. The summed E-state index contributed by atoms with van der Waals surface area (Å²) in [7, 11) is 0. The van der Waals surface area contributed by atoms with Gasteiger partial charge in [-0.25, -0.2) is 4.98 Å². The van der Waals surface area contributed by atoms with Crippen LogP contribution in [0.1, 0.15) is 27.6 Å². The van der Waals surface area contributed by atoms with Gasteiger partial charge in [-0.1, -0.05) is 35.3 Å². The van der Waals surface area contributed by atoms with E-state index in [0.29, 0.717) is 53.2 Å². The van der Waals surface area contributed by atoms with Crippen LogP contribution in [0, 0.1) is 0 Å². The number of rotatable bonds is 3. The van der Waals surface area contributed by atoms with E-state index in [4.69, 9.17) is 23.2 Å². The molecule has 150 valence electrons. The van der Waals surface area contributed by atoms with Gasteiger partial charge in [-0.2, -0.15) is 0 Å². The predicted molar refractivity (Wildman–Crippen MR) is 109 cm³/mol. The summed E-state index contributed by atoms with van der Waals surface area (Å²) < 4.78 is 0. The fraction of sp³-hybridized carbons (Fsp3) is 0.300. The maximum Gasteiger partial charge on any atom is 0.262 e. The first kappa shape index (κ1) is 19.7. The minimum atomic E-state index is -0.869. The van der Waals surface area contributed by atoms with Crippen LogP contribution in [-0.4, -0.2) is 64.7 Å². The number of anilines is 1. The van der Waals surface area contributed by atoms with Crippen LogP contribution >= 0.6 is 23.2 Å². The van der Waals surface area contributed by atoms with Gasteiger partial charge in [-0.15, -0.1) is 0 Å². The van der Waals surface area contributed by atoms with E-state index in [2.05, 4.69) is 4.98 Å². The molecule has 3 amide bonds. The molecule has 1 saturated heterocycles. The maximum absolute atomic E-state index is 13.0. The van der Waals surface area contributed by atoms with Gasteiger partial charge in [0.2, 0.25) is 5.91 Å². The van der Waals surface area contributed by atoms with Crippen LogP contribution < -0.4 is 4.90 Å². The standard InChI is InChI=1S/C20H18Cl2N4O3/c1-12(26-19(28)14-4-2-3-5-15(14)20(26)29)18(27)25-8-6-24(7-9-25)17-16(22)10-13(21)11-23-17/h2-5,10-12H,6-9H2,1H3. The summed E-state index contributed by atoms with van der Waals surface area (Å²) in [5.74, 6) is -0.490. The molecular weight excluding hydrogens is 415 g/mol. The Labute approximate surface area is 177 Å². The van der Waals surface area contributed by atoms with Gasteiger partial charge in [0, 0.05) is 32.4 Å². The van der Waals surface area contributed by atoms with Gasteiger partial charge >= 0.3 is 0 Å². The summed E-state index contributed by atoms with van der Waals surface area (Å²) >= 11 is 12.1. The number of amides is 3. The highest BCUT2D eigenvalue weighted by atomic mass is 35.5. The molecule has 1 unspecified atom stereocenters. The Bertz CT molecular complexity index is 970. The monoisotopic (exact) mass is 432 g/mol. The summed E-state index contributed by atoms with van der Waals surface area (Å²) in [5, 5.41) is 0.916. The molecule has 3 heterocycles. The van der Waals surface area contributed by atoms with Crippen molar-refractivity contribution >= 4 is 46.7 Å². The molecule has 0 saturated carbocycles. The highest BCUT2D eigenvalue weighted by molar-refractivity contribution is 6.36. The Hall–Kier alpha value is -2.64. The van der Waals surface area contributed by atoms with Crippen molar-refractivity contribution in [3.8, 4) is 0 Å². The average molecular weight is 433 g/mol. The largest absolute Gasteiger partial charge is 0.352 e. The fourth-order valence-corrected chi connectivity index (χ4v) is 4.21. The molecule has 1 aromatic heterocycles. The second-order valence-corrected chi connectivity index (χ2v) is 7.82. The fourth-order valence-electron chi connectivity index (χ4n) is 3.71. The smallest absolute Gasteiger partial charge is 0.262 e. The Morgan fingerprint density at radius 3 is 2.17 bits per heavy atom. The lowest BCUT2D eigenvalue weighted by atomic mass is 10.1. The molecule has 1 aromatic carbocycles. The average Bonchev–Trinajstić information content (AvgIpc) is 2.98. The van der Waals surface area contributed by atoms with Crippen LogP contribution in [0.15, 0.2) is 36.5 Å². The van der Waals surface area contributed by atoms with Gasteiger partial charge < -0.3 is 9.80 Å². The number of pyridine rings is 1. The Morgan fingerprint density at radius 1 is 1.03 bits per heavy atom. The van der Waals surface area contributed by atoms with Crippen molar-refractivity contribution in [1.29, 1.82) is 0 Å². The van der Waals surface area contributed by atoms with Crippen molar-refractivity contribution in [3.05, 3.63) is 57.7 Å². The topological polar surface area (TPSA) is 73.8 Å². The van der Waals surface area contributed by atoms with Crippen molar-refractivity contribution in [1.82, 2.24) is 14.8 Å². The zero-order valence-electron chi connectivity index (χ0n) is 15.6. The lowest BCUT2D eigenvalue weighted by Gasteiger charge is -2.37. The first-order valence-electron chi connectivity index (χ1n) is 9.20. The van der Waals surface area contributed by atoms with Crippen LogP contribution in [0.5, 0.6) is 0 Å². The SMILES string of the molecule is CC(C(=O)N1CCN(c2ncc(Cl)cc2Cl)CC1)N1C(=O)c2ccccc2C1=O. The number of carbonyl (C=O) groups is 3. The van der Waals surface area contributed by atoms with Crippen molar-refractivity contribution in [2.45, 2.75) is 13.0 Å². The third kappa shape index (κ3) is 3.45. The molecule has 29 heavy (non-hydrogen) atoms. The zero-order valence-corrected chi connectivity index (χ0v) is 17.2. The number of benzene rings is 1.